The summed E-state index contributed by atoms with van der Waals surface area (Å²) in [4.78, 5) is 17.0. The maximum atomic E-state index is 11.7. The molecule has 0 amide bonds. The fourth-order valence-electron chi connectivity index (χ4n) is 2.04. The molecule has 0 atom stereocenters. The number of aryl methyl sites for hydroxylation is 1. The number of nitrogens with zero attached hydrogens (tertiary/aromatic N) is 1. The van der Waals surface area contributed by atoms with E-state index in [-0.39, 0.29) is 11.5 Å². The lowest BCUT2D eigenvalue weighted by Gasteiger charge is -2.34. The average Bonchev–Trinajstić information content (AvgIpc) is 2.70. The van der Waals surface area contributed by atoms with Crippen LogP contribution < -0.4 is 5.32 Å². The van der Waals surface area contributed by atoms with Gasteiger partial charge in [0.25, 0.3) is 0 Å². The summed E-state index contributed by atoms with van der Waals surface area (Å²) in [6.45, 7) is 7.74. The van der Waals surface area contributed by atoms with Gasteiger partial charge in [-0.15, -0.1) is 11.3 Å². The van der Waals surface area contributed by atoms with Crippen molar-refractivity contribution in [2.75, 3.05) is 25.1 Å². The summed E-state index contributed by atoms with van der Waals surface area (Å²) in [7, 11) is 0. The first-order valence-corrected chi connectivity index (χ1v) is 7.36. The molecule has 1 aliphatic rings. The summed E-state index contributed by atoms with van der Waals surface area (Å²) in [6, 6.07) is 0. The van der Waals surface area contributed by atoms with E-state index in [9.17, 15) is 4.79 Å². The first-order chi connectivity index (χ1) is 9.04. The smallest absolute Gasteiger partial charge is 0.358 e. The van der Waals surface area contributed by atoms with E-state index in [1.165, 1.54) is 11.3 Å². The van der Waals surface area contributed by atoms with Crippen molar-refractivity contribution < 1.29 is 14.3 Å². The molecular formula is C13H20N2O3S. The van der Waals surface area contributed by atoms with Gasteiger partial charge in [-0.25, -0.2) is 9.78 Å². The number of thiazole rings is 1. The summed E-state index contributed by atoms with van der Waals surface area (Å²) in [5.41, 5.74) is 0.416. The molecule has 0 aromatic carbocycles. The maximum absolute atomic E-state index is 11.7. The van der Waals surface area contributed by atoms with Gasteiger partial charge in [0.1, 0.15) is 0 Å². The van der Waals surface area contributed by atoms with Crippen LogP contribution in [-0.2, 0) is 9.47 Å². The Kier molecular flexibility index (Phi) is 4.42. The summed E-state index contributed by atoms with van der Waals surface area (Å²) in [5, 5.41) is 4.22. The van der Waals surface area contributed by atoms with Crippen molar-refractivity contribution in [2.45, 2.75) is 39.2 Å². The summed E-state index contributed by atoms with van der Waals surface area (Å²) in [5.74, 6) is -0.346. The zero-order chi connectivity index (χ0) is 13.9. The highest BCUT2D eigenvalue weighted by Crippen LogP contribution is 2.29. The fourth-order valence-corrected chi connectivity index (χ4v) is 2.99. The van der Waals surface area contributed by atoms with Crippen molar-refractivity contribution in [1.82, 2.24) is 4.98 Å². The summed E-state index contributed by atoms with van der Waals surface area (Å²) in [6.07, 6.45) is 1.89. The maximum Gasteiger partial charge on any atom is 0.358 e. The minimum Gasteiger partial charge on any atom is -0.461 e. The van der Waals surface area contributed by atoms with Gasteiger partial charge in [0, 0.05) is 23.6 Å². The second-order valence-electron chi connectivity index (χ2n) is 4.94. The molecule has 0 radical (unpaired) electrons. The minimum absolute atomic E-state index is 0.00548. The van der Waals surface area contributed by atoms with E-state index in [1.54, 1.807) is 6.92 Å². The number of anilines is 1. The van der Waals surface area contributed by atoms with E-state index < -0.39 is 0 Å². The molecule has 1 aliphatic heterocycles. The number of carbonyl (C=O) groups is 1. The van der Waals surface area contributed by atoms with Crippen LogP contribution in [0.5, 0.6) is 0 Å². The Morgan fingerprint density at radius 3 is 2.84 bits per heavy atom. The van der Waals surface area contributed by atoms with Gasteiger partial charge in [-0.05, 0) is 33.6 Å². The second-order valence-corrected chi connectivity index (χ2v) is 6.15. The molecule has 2 heterocycles. The molecule has 0 spiro atoms. The van der Waals surface area contributed by atoms with Gasteiger partial charge in [-0.1, -0.05) is 0 Å². The number of esters is 1. The molecule has 0 unspecified atom stereocenters. The highest BCUT2D eigenvalue weighted by Gasteiger charge is 2.29. The zero-order valence-corrected chi connectivity index (χ0v) is 12.4. The topological polar surface area (TPSA) is 60.5 Å². The van der Waals surface area contributed by atoms with E-state index in [0.29, 0.717) is 12.3 Å². The van der Waals surface area contributed by atoms with Gasteiger partial charge < -0.3 is 14.8 Å². The van der Waals surface area contributed by atoms with Gasteiger partial charge in [-0.3, -0.25) is 0 Å². The lowest BCUT2D eigenvalue weighted by Crippen LogP contribution is -2.40. The highest BCUT2D eigenvalue weighted by atomic mass is 32.1. The van der Waals surface area contributed by atoms with Crippen molar-refractivity contribution in [3.8, 4) is 0 Å². The first-order valence-electron chi connectivity index (χ1n) is 6.54. The molecule has 6 heteroatoms. The Morgan fingerprint density at radius 2 is 2.21 bits per heavy atom. The molecule has 5 nitrogen and oxygen atoms in total. The molecule has 0 aliphatic carbocycles. The zero-order valence-electron chi connectivity index (χ0n) is 11.6. The van der Waals surface area contributed by atoms with Crippen LogP contribution in [0.25, 0.3) is 0 Å². The Balaban J connectivity index is 2.09. The normalized spacial score (nSPS) is 18.1. The number of rotatable bonds is 4. The molecule has 1 saturated heterocycles. The summed E-state index contributed by atoms with van der Waals surface area (Å²) < 4.78 is 10.4. The van der Waals surface area contributed by atoms with E-state index in [1.807, 2.05) is 6.92 Å². The molecule has 1 N–H and O–H groups in total. The highest BCUT2D eigenvalue weighted by molar-refractivity contribution is 7.15. The van der Waals surface area contributed by atoms with Gasteiger partial charge in [0.05, 0.1) is 6.61 Å². The molecular weight excluding hydrogens is 264 g/mol. The molecule has 1 fully saturated rings. The van der Waals surface area contributed by atoms with Gasteiger partial charge in [-0.2, -0.15) is 0 Å². The number of carbonyl (C=O) groups excluding carboxylic acids is 1. The predicted molar refractivity (Wildman–Crippen MR) is 74.9 cm³/mol. The minimum atomic E-state index is -0.346. The molecule has 0 saturated carbocycles. The number of aromatic nitrogens is 1. The van der Waals surface area contributed by atoms with Crippen LogP contribution in [0.4, 0.5) is 5.13 Å². The third-order valence-electron chi connectivity index (χ3n) is 3.27. The van der Waals surface area contributed by atoms with Crippen LogP contribution in [-0.4, -0.2) is 36.3 Å². The van der Waals surface area contributed by atoms with Crippen LogP contribution in [0.1, 0.15) is 42.1 Å². The van der Waals surface area contributed by atoms with Crippen molar-refractivity contribution in [3.05, 3.63) is 10.6 Å². The lowest BCUT2D eigenvalue weighted by molar-refractivity contribution is 0.0519. The third kappa shape index (κ3) is 3.45. The number of nitrogens with one attached hydrogen (secondary N) is 1. The number of hydrogen-bond acceptors (Lipinski definition) is 6. The molecule has 106 valence electrons. The SMILES string of the molecule is CCOC(=O)c1nc(NC2(C)CCOCC2)sc1C. The Bertz CT molecular complexity index is 453. The van der Waals surface area contributed by atoms with Crippen molar-refractivity contribution in [3.63, 3.8) is 0 Å². The monoisotopic (exact) mass is 284 g/mol. The van der Waals surface area contributed by atoms with E-state index in [4.69, 9.17) is 9.47 Å². The molecule has 2 rings (SSSR count). The van der Waals surface area contributed by atoms with E-state index >= 15 is 0 Å². The fraction of sp³-hybridized carbons (Fsp3) is 0.692. The van der Waals surface area contributed by atoms with E-state index in [0.717, 1.165) is 36.1 Å². The van der Waals surface area contributed by atoms with Crippen LogP contribution in [0.3, 0.4) is 0 Å². The van der Waals surface area contributed by atoms with E-state index in [2.05, 4.69) is 17.2 Å². The number of ether oxygens (including phenoxy) is 2. The van der Waals surface area contributed by atoms with Gasteiger partial charge in [0.2, 0.25) is 0 Å². The Labute approximate surface area is 117 Å². The third-order valence-corrected chi connectivity index (χ3v) is 4.16. The van der Waals surface area contributed by atoms with Crippen LogP contribution >= 0.6 is 11.3 Å². The van der Waals surface area contributed by atoms with Crippen LogP contribution in [0, 0.1) is 6.92 Å². The van der Waals surface area contributed by atoms with Crippen molar-refractivity contribution >= 4 is 22.4 Å². The van der Waals surface area contributed by atoms with Crippen LogP contribution in [0.15, 0.2) is 0 Å². The largest absolute Gasteiger partial charge is 0.461 e. The molecule has 0 bridgehead atoms. The quantitative estimate of drug-likeness (QED) is 0.861. The molecule has 19 heavy (non-hydrogen) atoms. The standard InChI is InChI=1S/C13H20N2O3S/c1-4-18-11(16)10-9(2)19-12(14-10)15-13(3)5-7-17-8-6-13/h4-8H2,1-3H3,(H,14,15). The average molecular weight is 284 g/mol. The summed E-state index contributed by atoms with van der Waals surface area (Å²) >= 11 is 1.50. The Hall–Kier alpha value is -1.14. The van der Waals surface area contributed by atoms with Crippen molar-refractivity contribution in [2.24, 2.45) is 0 Å². The van der Waals surface area contributed by atoms with Crippen molar-refractivity contribution in [1.29, 1.82) is 0 Å². The first kappa shape index (κ1) is 14.3. The lowest BCUT2D eigenvalue weighted by atomic mass is 9.93. The van der Waals surface area contributed by atoms with Gasteiger partial charge >= 0.3 is 5.97 Å². The second kappa shape index (κ2) is 5.88. The Morgan fingerprint density at radius 1 is 1.53 bits per heavy atom. The predicted octanol–water partition coefficient (Wildman–Crippen LogP) is 2.61. The molecule has 1 aromatic heterocycles. The van der Waals surface area contributed by atoms with Gasteiger partial charge in [0.15, 0.2) is 10.8 Å². The number of hydrogen-bond donors (Lipinski definition) is 1. The van der Waals surface area contributed by atoms with Crippen LogP contribution in [0.2, 0.25) is 0 Å². The molecule has 1 aromatic rings.